The quantitative estimate of drug-likeness (QED) is 0.800. The average molecular weight is 281 g/mol. The van der Waals surface area contributed by atoms with Gasteiger partial charge in [0.25, 0.3) is 0 Å². The van der Waals surface area contributed by atoms with Crippen LogP contribution in [-0.4, -0.2) is 30.7 Å². The number of rotatable bonds is 1. The summed E-state index contributed by atoms with van der Waals surface area (Å²) in [5.41, 5.74) is 1.07. The van der Waals surface area contributed by atoms with Gasteiger partial charge in [-0.25, -0.2) is 4.98 Å². The molecule has 2 aliphatic rings. The maximum absolute atomic E-state index is 5.94. The summed E-state index contributed by atoms with van der Waals surface area (Å²) in [6, 6.07) is 2.54. The van der Waals surface area contributed by atoms with Gasteiger partial charge in [-0.1, -0.05) is 23.2 Å². The fourth-order valence-electron chi connectivity index (χ4n) is 2.25. The molecule has 3 nitrogen and oxygen atoms in total. The minimum absolute atomic E-state index is 0. The van der Waals surface area contributed by atoms with Crippen molar-refractivity contribution in [3.05, 3.63) is 22.4 Å². The van der Waals surface area contributed by atoms with E-state index in [2.05, 4.69) is 15.2 Å². The van der Waals surface area contributed by atoms with Gasteiger partial charge < -0.3 is 10.2 Å². The minimum atomic E-state index is 0. The lowest BCUT2D eigenvalue weighted by Gasteiger charge is -2.29. The van der Waals surface area contributed by atoms with E-state index in [1.165, 1.54) is 0 Å². The molecule has 16 heavy (non-hydrogen) atoms. The van der Waals surface area contributed by atoms with Gasteiger partial charge in [0, 0.05) is 31.6 Å². The summed E-state index contributed by atoms with van der Waals surface area (Å²) in [5, 5.41) is 4.32. The molecule has 1 unspecified atom stereocenters. The van der Waals surface area contributed by atoms with Gasteiger partial charge >= 0.3 is 0 Å². The Morgan fingerprint density at radius 2 is 2.19 bits per heavy atom. The van der Waals surface area contributed by atoms with Crippen LogP contribution in [0.3, 0.4) is 0 Å². The Labute approximate surface area is 111 Å². The van der Waals surface area contributed by atoms with Crippen LogP contribution in [0.5, 0.6) is 0 Å². The fourth-order valence-corrected chi connectivity index (χ4v) is 2.51. The van der Waals surface area contributed by atoms with Gasteiger partial charge in [0.2, 0.25) is 0 Å². The zero-order valence-electron chi connectivity index (χ0n) is 8.49. The van der Waals surface area contributed by atoms with Crippen molar-refractivity contribution in [1.29, 1.82) is 0 Å². The first-order valence-electron chi connectivity index (χ1n) is 5.03. The van der Waals surface area contributed by atoms with Gasteiger partial charge in [0.1, 0.15) is 5.15 Å². The summed E-state index contributed by atoms with van der Waals surface area (Å²) in [7, 11) is 0. The molecule has 2 saturated heterocycles. The lowest BCUT2D eigenvalue weighted by Crippen LogP contribution is -2.51. The van der Waals surface area contributed by atoms with Crippen LogP contribution in [0.4, 0.5) is 5.69 Å². The van der Waals surface area contributed by atoms with Crippen molar-refractivity contribution in [3.8, 4) is 0 Å². The molecule has 0 amide bonds. The third-order valence-corrected chi connectivity index (χ3v) is 3.92. The fraction of sp³-hybridized carbons (Fsp3) is 0.500. The lowest BCUT2D eigenvalue weighted by atomic mass is 9.96. The Balaban J connectivity index is 0.000000963. The predicted octanol–water partition coefficient (Wildman–Crippen LogP) is 2.22. The number of halogens is 3. The smallest absolute Gasteiger partial charge is 0.147 e. The van der Waals surface area contributed by atoms with Gasteiger partial charge in [-0.2, -0.15) is 0 Å². The number of anilines is 1. The molecule has 3 heterocycles. The van der Waals surface area contributed by atoms with Crippen molar-refractivity contribution in [2.24, 2.45) is 5.92 Å². The first-order valence-corrected chi connectivity index (χ1v) is 5.79. The molecule has 0 bridgehead atoms. The highest BCUT2D eigenvalue weighted by Gasteiger charge is 2.39. The highest BCUT2D eigenvalue weighted by atomic mass is 35.5. The van der Waals surface area contributed by atoms with E-state index in [1.807, 2.05) is 6.07 Å². The van der Waals surface area contributed by atoms with Gasteiger partial charge in [-0.3, -0.25) is 0 Å². The molecule has 2 atom stereocenters. The molecular weight excluding hydrogens is 268 g/mol. The monoisotopic (exact) mass is 279 g/mol. The van der Waals surface area contributed by atoms with Gasteiger partial charge in [0.15, 0.2) is 0 Å². The number of hydrogen-bond acceptors (Lipinski definition) is 3. The molecule has 0 radical (unpaired) electrons. The molecule has 6 heteroatoms. The van der Waals surface area contributed by atoms with E-state index in [-0.39, 0.29) is 12.4 Å². The van der Waals surface area contributed by atoms with Gasteiger partial charge in [-0.05, 0) is 6.07 Å². The molecule has 0 aromatic carbocycles. The van der Waals surface area contributed by atoms with Crippen LogP contribution in [0, 0.1) is 5.92 Å². The van der Waals surface area contributed by atoms with Crippen LogP contribution in [0.25, 0.3) is 0 Å². The maximum atomic E-state index is 5.94. The first kappa shape index (κ1) is 12.2. The summed E-state index contributed by atoms with van der Waals surface area (Å²) in [6.45, 7) is 3.28. The Bertz CT molecular complexity index is 387. The standard InChI is InChI=1S/C10H11Cl2N3.ClH/c11-8-1-7(3-14-10(8)12)15-4-6-2-13-9(6)5-15;/h1,3,6,9,13H,2,4-5H2;1H/t6?,9-;/m1./s1. The number of aromatic nitrogens is 1. The third kappa shape index (κ3) is 1.97. The molecule has 2 fully saturated rings. The average Bonchev–Trinajstić information content (AvgIpc) is 2.48. The Morgan fingerprint density at radius 3 is 2.69 bits per heavy atom. The topological polar surface area (TPSA) is 28.2 Å². The highest BCUT2D eigenvalue weighted by molar-refractivity contribution is 6.41. The molecule has 88 valence electrons. The summed E-state index contributed by atoms with van der Waals surface area (Å²) in [6.07, 6.45) is 1.79. The van der Waals surface area contributed by atoms with Crippen LogP contribution < -0.4 is 10.2 Å². The van der Waals surface area contributed by atoms with E-state index in [0.717, 1.165) is 31.2 Å². The Morgan fingerprint density at radius 1 is 1.38 bits per heavy atom. The van der Waals surface area contributed by atoms with Crippen molar-refractivity contribution >= 4 is 41.3 Å². The third-order valence-electron chi connectivity index (χ3n) is 3.23. The van der Waals surface area contributed by atoms with Gasteiger partial charge in [-0.15, -0.1) is 12.4 Å². The first-order chi connectivity index (χ1) is 7.24. The number of hydrogen-bond donors (Lipinski definition) is 1. The zero-order valence-corrected chi connectivity index (χ0v) is 10.8. The van der Waals surface area contributed by atoms with Gasteiger partial charge in [0.05, 0.1) is 16.9 Å². The lowest BCUT2D eigenvalue weighted by molar-refractivity contribution is 0.297. The molecule has 1 aromatic heterocycles. The van der Waals surface area contributed by atoms with E-state index in [1.54, 1.807) is 6.20 Å². The van der Waals surface area contributed by atoms with Crippen molar-refractivity contribution < 1.29 is 0 Å². The largest absolute Gasteiger partial charge is 0.368 e. The Kier molecular flexibility index (Phi) is 3.50. The molecule has 3 rings (SSSR count). The molecule has 1 N–H and O–H groups in total. The zero-order chi connectivity index (χ0) is 10.4. The summed E-state index contributed by atoms with van der Waals surface area (Å²) >= 11 is 11.7. The second-order valence-corrected chi connectivity index (χ2v) is 4.91. The summed E-state index contributed by atoms with van der Waals surface area (Å²) in [5.74, 6) is 0.791. The molecule has 0 aliphatic carbocycles. The van der Waals surface area contributed by atoms with E-state index in [0.29, 0.717) is 16.2 Å². The van der Waals surface area contributed by atoms with E-state index in [9.17, 15) is 0 Å². The van der Waals surface area contributed by atoms with Crippen molar-refractivity contribution in [1.82, 2.24) is 10.3 Å². The van der Waals surface area contributed by atoms with Crippen molar-refractivity contribution in [2.75, 3.05) is 24.5 Å². The molecule has 1 aromatic rings. The molecular formula is C10H12Cl3N3. The summed E-state index contributed by atoms with van der Waals surface area (Å²) < 4.78 is 0. The van der Waals surface area contributed by atoms with E-state index in [4.69, 9.17) is 23.2 Å². The van der Waals surface area contributed by atoms with Crippen LogP contribution in [0.1, 0.15) is 0 Å². The van der Waals surface area contributed by atoms with Crippen LogP contribution >= 0.6 is 35.6 Å². The second-order valence-electron chi connectivity index (χ2n) is 4.15. The maximum Gasteiger partial charge on any atom is 0.147 e. The van der Waals surface area contributed by atoms with Crippen molar-refractivity contribution in [3.63, 3.8) is 0 Å². The Hall–Kier alpha value is -0.220. The van der Waals surface area contributed by atoms with E-state index < -0.39 is 0 Å². The molecule has 0 saturated carbocycles. The van der Waals surface area contributed by atoms with Crippen LogP contribution in [-0.2, 0) is 0 Å². The second kappa shape index (κ2) is 4.57. The highest BCUT2D eigenvalue weighted by Crippen LogP contribution is 2.30. The van der Waals surface area contributed by atoms with E-state index >= 15 is 0 Å². The number of nitrogens with zero attached hydrogens (tertiary/aromatic N) is 2. The number of fused-ring (bicyclic) bond motifs is 1. The normalized spacial score (nSPS) is 27.0. The summed E-state index contributed by atoms with van der Waals surface area (Å²) in [4.78, 5) is 6.38. The molecule has 2 aliphatic heterocycles. The van der Waals surface area contributed by atoms with Crippen LogP contribution in [0.15, 0.2) is 12.3 Å². The minimum Gasteiger partial charge on any atom is -0.368 e. The molecule has 0 spiro atoms. The predicted molar refractivity (Wildman–Crippen MR) is 69.0 cm³/mol. The number of pyridine rings is 1. The number of nitrogens with one attached hydrogen (secondary N) is 1. The van der Waals surface area contributed by atoms with Crippen molar-refractivity contribution in [2.45, 2.75) is 6.04 Å². The van der Waals surface area contributed by atoms with Crippen LogP contribution in [0.2, 0.25) is 10.2 Å². The SMILES string of the molecule is Cl.Clc1cc(N2CC3CN[C@@H]3C2)cnc1Cl.